The monoisotopic (exact) mass is 257 g/mol. The van der Waals surface area contributed by atoms with Crippen LogP contribution in [0.15, 0.2) is 48.7 Å². The molecule has 0 saturated heterocycles. The number of halogens is 2. The van der Waals surface area contributed by atoms with E-state index in [0.29, 0.717) is 16.6 Å². The number of benzene rings is 2. The third-order valence-corrected chi connectivity index (χ3v) is 2.95. The Morgan fingerprint density at radius 3 is 2.58 bits per heavy atom. The summed E-state index contributed by atoms with van der Waals surface area (Å²) in [5, 5.41) is 10.3. The first-order valence-electron chi connectivity index (χ1n) is 5.69. The standard InChI is InChI=1S/C15H9F2NO/c16-12-7-10(8-13(19)14(12)17)11-5-1-3-9-4-2-6-18-15(9)11/h1-8,19H. The van der Waals surface area contributed by atoms with E-state index in [9.17, 15) is 13.9 Å². The van der Waals surface area contributed by atoms with Crippen LogP contribution in [-0.2, 0) is 0 Å². The number of aromatic hydroxyl groups is 1. The van der Waals surface area contributed by atoms with Gasteiger partial charge < -0.3 is 5.11 Å². The number of hydrogen-bond acceptors (Lipinski definition) is 2. The maximum atomic E-state index is 13.4. The van der Waals surface area contributed by atoms with Gasteiger partial charge in [-0.05, 0) is 23.8 Å². The number of phenolic OH excluding ortho intramolecular Hbond substituents is 1. The number of aromatic nitrogens is 1. The second-order valence-electron chi connectivity index (χ2n) is 4.17. The summed E-state index contributed by atoms with van der Waals surface area (Å²) >= 11 is 0. The third kappa shape index (κ3) is 1.91. The molecule has 0 fully saturated rings. The lowest BCUT2D eigenvalue weighted by Crippen LogP contribution is -1.89. The molecule has 3 aromatic rings. The number of nitrogens with zero attached hydrogens (tertiary/aromatic N) is 1. The van der Waals surface area contributed by atoms with Crippen molar-refractivity contribution in [3.8, 4) is 16.9 Å². The van der Waals surface area contributed by atoms with Gasteiger partial charge in [-0.1, -0.05) is 24.3 Å². The number of hydrogen-bond donors (Lipinski definition) is 1. The molecule has 0 spiro atoms. The van der Waals surface area contributed by atoms with Gasteiger partial charge in [0.1, 0.15) is 0 Å². The van der Waals surface area contributed by atoms with Crippen LogP contribution in [0.4, 0.5) is 8.78 Å². The summed E-state index contributed by atoms with van der Waals surface area (Å²) in [4.78, 5) is 4.24. The molecule has 0 aliphatic heterocycles. The molecule has 2 nitrogen and oxygen atoms in total. The van der Waals surface area contributed by atoms with Crippen LogP contribution in [0.5, 0.6) is 5.75 Å². The van der Waals surface area contributed by atoms with Gasteiger partial charge >= 0.3 is 0 Å². The molecule has 2 aromatic carbocycles. The maximum absolute atomic E-state index is 13.4. The minimum absolute atomic E-state index is 0.390. The Labute approximate surface area is 108 Å². The van der Waals surface area contributed by atoms with Gasteiger partial charge in [-0.3, -0.25) is 4.98 Å². The minimum Gasteiger partial charge on any atom is -0.505 e. The Morgan fingerprint density at radius 2 is 1.79 bits per heavy atom. The van der Waals surface area contributed by atoms with E-state index in [2.05, 4.69) is 4.98 Å². The topological polar surface area (TPSA) is 33.1 Å². The van der Waals surface area contributed by atoms with E-state index in [4.69, 9.17) is 0 Å². The number of rotatable bonds is 1. The van der Waals surface area contributed by atoms with Crippen LogP contribution in [0, 0.1) is 11.6 Å². The number of phenols is 1. The van der Waals surface area contributed by atoms with E-state index in [1.54, 1.807) is 24.4 Å². The summed E-state index contributed by atoms with van der Waals surface area (Å²) in [6, 6.07) is 11.4. The molecule has 0 atom stereocenters. The van der Waals surface area contributed by atoms with E-state index in [1.807, 2.05) is 12.1 Å². The molecule has 0 unspecified atom stereocenters. The van der Waals surface area contributed by atoms with Crippen LogP contribution in [0.2, 0.25) is 0 Å². The van der Waals surface area contributed by atoms with Crippen LogP contribution < -0.4 is 0 Å². The lowest BCUT2D eigenvalue weighted by atomic mass is 10.0. The molecule has 0 aliphatic rings. The first-order valence-corrected chi connectivity index (χ1v) is 5.69. The van der Waals surface area contributed by atoms with Crippen molar-refractivity contribution in [3.05, 3.63) is 60.3 Å². The second kappa shape index (κ2) is 4.31. The van der Waals surface area contributed by atoms with Crippen molar-refractivity contribution in [2.75, 3.05) is 0 Å². The molecule has 0 aliphatic carbocycles. The Kier molecular flexibility index (Phi) is 2.63. The molecule has 0 amide bonds. The van der Waals surface area contributed by atoms with Gasteiger partial charge in [0.15, 0.2) is 17.4 Å². The van der Waals surface area contributed by atoms with Gasteiger partial charge in [0.05, 0.1) is 5.52 Å². The van der Waals surface area contributed by atoms with E-state index in [0.717, 1.165) is 11.5 Å². The molecule has 94 valence electrons. The second-order valence-corrected chi connectivity index (χ2v) is 4.17. The molecule has 0 saturated carbocycles. The molecule has 1 N–H and O–H groups in total. The highest BCUT2D eigenvalue weighted by molar-refractivity contribution is 5.93. The van der Waals surface area contributed by atoms with Crippen molar-refractivity contribution in [1.82, 2.24) is 4.98 Å². The van der Waals surface area contributed by atoms with Crippen molar-refractivity contribution < 1.29 is 13.9 Å². The van der Waals surface area contributed by atoms with E-state index in [1.165, 1.54) is 6.07 Å². The molecule has 19 heavy (non-hydrogen) atoms. The highest BCUT2D eigenvalue weighted by Gasteiger charge is 2.12. The van der Waals surface area contributed by atoms with E-state index in [-0.39, 0.29) is 0 Å². The average Bonchev–Trinajstić information content (AvgIpc) is 2.43. The smallest absolute Gasteiger partial charge is 0.200 e. The number of fused-ring (bicyclic) bond motifs is 1. The molecule has 1 heterocycles. The summed E-state index contributed by atoms with van der Waals surface area (Å²) in [7, 11) is 0. The molecule has 3 rings (SSSR count). The Bertz CT molecular complexity index is 743. The highest BCUT2D eigenvalue weighted by atomic mass is 19.2. The first-order chi connectivity index (χ1) is 9.16. The fourth-order valence-corrected chi connectivity index (χ4v) is 2.07. The highest BCUT2D eigenvalue weighted by Crippen LogP contribution is 2.31. The summed E-state index contributed by atoms with van der Waals surface area (Å²) in [6.45, 7) is 0. The van der Waals surface area contributed by atoms with E-state index < -0.39 is 17.4 Å². The zero-order valence-electron chi connectivity index (χ0n) is 9.77. The quantitative estimate of drug-likeness (QED) is 0.717. The molecule has 1 aromatic heterocycles. The van der Waals surface area contributed by atoms with Gasteiger partial charge in [0.2, 0.25) is 0 Å². The van der Waals surface area contributed by atoms with Crippen LogP contribution in [0.25, 0.3) is 22.0 Å². The third-order valence-electron chi connectivity index (χ3n) is 2.95. The lowest BCUT2D eigenvalue weighted by Gasteiger charge is -2.07. The Balaban J connectivity index is 2.31. The van der Waals surface area contributed by atoms with Gasteiger partial charge in [-0.15, -0.1) is 0 Å². The predicted octanol–water partition coefficient (Wildman–Crippen LogP) is 3.89. The normalized spacial score (nSPS) is 10.8. The minimum atomic E-state index is -1.24. The van der Waals surface area contributed by atoms with Crippen molar-refractivity contribution in [2.24, 2.45) is 0 Å². The fraction of sp³-hybridized carbons (Fsp3) is 0. The van der Waals surface area contributed by atoms with E-state index >= 15 is 0 Å². The summed E-state index contributed by atoms with van der Waals surface area (Å²) in [5.74, 6) is -3.03. The molecule has 4 heteroatoms. The van der Waals surface area contributed by atoms with Gasteiger partial charge in [0.25, 0.3) is 0 Å². The van der Waals surface area contributed by atoms with Gasteiger partial charge in [-0.2, -0.15) is 4.39 Å². The first kappa shape index (κ1) is 11.6. The van der Waals surface area contributed by atoms with Crippen LogP contribution in [0.3, 0.4) is 0 Å². The molecule has 0 bridgehead atoms. The zero-order valence-corrected chi connectivity index (χ0v) is 9.77. The molecular weight excluding hydrogens is 248 g/mol. The van der Waals surface area contributed by atoms with Crippen molar-refractivity contribution in [1.29, 1.82) is 0 Å². The fourth-order valence-electron chi connectivity index (χ4n) is 2.07. The largest absolute Gasteiger partial charge is 0.505 e. The summed E-state index contributed by atoms with van der Waals surface area (Å²) in [5.41, 5.74) is 1.71. The Hall–Kier alpha value is -2.49. The SMILES string of the molecule is Oc1cc(-c2cccc3cccnc23)cc(F)c1F. The summed E-state index contributed by atoms with van der Waals surface area (Å²) < 4.78 is 26.5. The van der Waals surface area contributed by atoms with Gasteiger partial charge in [0, 0.05) is 17.1 Å². The van der Waals surface area contributed by atoms with Gasteiger partial charge in [-0.25, -0.2) is 4.39 Å². The van der Waals surface area contributed by atoms with Crippen LogP contribution in [-0.4, -0.2) is 10.1 Å². The van der Waals surface area contributed by atoms with Crippen molar-refractivity contribution >= 4 is 10.9 Å². The molecule has 0 radical (unpaired) electrons. The summed E-state index contributed by atoms with van der Waals surface area (Å²) in [6.07, 6.45) is 1.63. The predicted molar refractivity (Wildman–Crippen MR) is 68.8 cm³/mol. The number of pyridine rings is 1. The van der Waals surface area contributed by atoms with Crippen molar-refractivity contribution in [3.63, 3.8) is 0 Å². The maximum Gasteiger partial charge on any atom is 0.200 e. The average molecular weight is 257 g/mol. The molecular formula is C15H9F2NO. The Morgan fingerprint density at radius 1 is 1.00 bits per heavy atom. The van der Waals surface area contributed by atoms with Crippen LogP contribution in [0.1, 0.15) is 0 Å². The zero-order chi connectivity index (χ0) is 13.4. The lowest BCUT2D eigenvalue weighted by molar-refractivity contribution is 0.407. The number of para-hydroxylation sites is 1. The van der Waals surface area contributed by atoms with Crippen LogP contribution >= 0.6 is 0 Å². The van der Waals surface area contributed by atoms with Crippen molar-refractivity contribution in [2.45, 2.75) is 0 Å².